The van der Waals surface area contributed by atoms with Crippen molar-refractivity contribution in [2.45, 2.75) is 39.7 Å². The zero-order valence-corrected chi connectivity index (χ0v) is 13.2. The molecule has 5 nitrogen and oxygen atoms in total. The molecule has 0 amide bonds. The summed E-state index contributed by atoms with van der Waals surface area (Å²) < 4.78 is 17.4. The quantitative estimate of drug-likeness (QED) is 0.393. The summed E-state index contributed by atoms with van der Waals surface area (Å²) in [5.74, 6) is 0. The maximum absolute atomic E-state index is 5.79. The van der Waals surface area contributed by atoms with E-state index in [-0.39, 0.29) is 0 Å². The average Bonchev–Trinajstić information content (AvgIpc) is 2.35. The number of rotatable bonds is 13. The van der Waals surface area contributed by atoms with Crippen molar-refractivity contribution in [1.29, 1.82) is 0 Å². The number of hydrogen-bond donors (Lipinski definition) is 2. The van der Waals surface area contributed by atoms with Gasteiger partial charge in [-0.05, 0) is 40.2 Å². The Morgan fingerprint density at radius 3 is 1.89 bits per heavy atom. The molecule has 0 saturated heterocycles. The standard InChI is InChI=1S/C12H30N2O3Si/c1-4-15-18(16-5-2,17-6-3)12-8-7-10-14-11-9-13/h14H,4-13H2,1-3H3. The Morgan fingerprint density at radius 1 is 0.889 bits per heavy atom. The average molecular weight is 278 g/mol. The van der Waals surface area contributed by atoms with Gasteiger partial charge in [0.15, 0.2) is 0 Å². The van der Waals surface area contributed by atoms with E-state index in [1.165, 1.54) is 0 Å². The summed E-state index contributed by atoms with van der Waals surface area (Å²) in [6, 6.07) is 0.896. The fourth-order valence-corrected chi connectivity index (χ4v) is 4.51. The Bertz CT molecular complexity index is 168. The number of nitrogens with one attached hydrogen (secondary N) is 1. The third kappa shape index (κ3) is 8.18. The molecule has 0 saturated carbocycles. The monoisotopic (exact) mass is 278 g/mol. The number of unbranched alkanes of at least 4 members (excludes halogenated alkanes) is 1. The van der Waals surface area contributed by atoms with Crippen molar-refractivity contribution in [2.24, 2.45) is 5.73 Å². The van der Waals surface area contributed by atoms with Crippen LogP contribution in [0.1, 0.15) is 33.6 Å². The summed E-state index contributed by atoms with van der Waals surface area (Å²) in [5.41, 5.74) is 5.42. The molecule has 0 bridgehead atoms. The first-order valence-corrected chi connectivity index (χ1v) is 9.00. The van der Waals surface area contributed by atoms with E-state index in [2.05, 4.69) is 5.32 Å². The Balaban J connectivity index is 3.97. The van der Waals surface area contributed by atoms with Crippen LogP contribution in [0.5, 0.6) is 0 Å². The predicted octanol–water partition coefficient (Wildman–Crippen LogP) is 1.36. The second-order valence-corrected chi connectivity index (χ2v) is 6.71. The van der Waals surface area contributed by atoms with E-state index in [9.17, 15) is 0 Å². The molecule has 110 valence electrons. The van der Waals surface area contributed by atoms with Crippen LogP contribution in [0.4, 0.5) is 0 Å². The molecule has 0 aliphatic carbocycles. The molecule has 3 N–H and O–H groups in total. The van der Waals surface area contributed by atoms with Crippen LogP contribution in [-0.4, -0.2) is 48.3 Å². The van der Waals surface area contributed by atoms with E-state index < -0.39 is 8.80 Å². The van der Waals surface area contributed by atoms with Gasteiger partial charge in [0, 0.05) is 39.0 Å². The number of hydrogen-bond acceptors (Lipinski definition) is 5. The SMILES string of the molecule is CCO[Si](CCCCNCCN)(OCC)OCC. The normalized spacial score (nSPS) is 12.0. The van der Waals surface area contributed by atoms with Crippen LogP contribution < -0.4 is 11.1 Å². The summed E-state index contributed by atoms with van der Waals surface area (Å²) in [4.78, 5) is 0. The Hall–Kier alpha value is 0.0169. The van der Waals surface area contributed by atoms with E-state index in [1.54, 1.807) is 0 Å². The summed E-state index contributed by atoms with van der Waals surface area (Å²) in [5, 5.41) is 3.29. The van der Waals surface area contributed by atoms with Gasteiger partial charge in [-0.15, -0.1) is 0 Å². The largest absolute Gasteiger partial charge is 0.500 e. The maximum atomic E-state index is 5.79. The van der Waals surface area contributed by atoms with Crippen LogP contribution >= 0.6 is 0 Å². The van der Waals surface area contributed by atoms with E-state index in [1.807, 2.05) is 20.8 Å². The molecule has 0 unspecified atom stereocenters. The van der Waals surface area contributed by atoms with Gasteiger partial charge in [-0.3, -0.25) is 0 Å². The van der Waals surface area contributed by atoms with E-state index >= 15 is 0 Å². The van der Waals surface area contributed by atoms with Gasteiger partial charge in [-0.25, -0.2) is 0 Å². The van der Waals surface area contributed by atoms with Crippen molar-refractivity contribution < 1.29 is 13.3 Å². The van der Waals surface area contributed by atoms with Gasteiger partial charge in [0.25, 0.3) is 0 Å². The summed E-state index contributed by atoms with van der Waals surface area (Å²) in [6.07, 6.45) is 2.16. The van der Waals surface area contributed by atoms with Gasteiger partial charge >= 0.3 is 8.80 Å². The molecule has 0 aromatic rings. The Kier molecular flexibility index (Phi) is 12.1. The van der Waals surface area contributed by atoms with E-state index in [0.29, 0.717) is 26.4 Å². The molecule has 0 atom stereocenters. The Morgan fingerprint density at radius 2 is 1.44 bits per heavy atom. The second-order valence-electron chi connectivity index (χ2n) is 3.98. The predicted molar refractivity (Wildman–Crippen MR) is 76.6 cm³/mol. The van der Waals surface area contributed by atoms with Crippen LogP contribution in [0.3, 0.4) is 0 Å². The molecular formula is C12H30N2O3Si. The molecule has 0 aromatic heterocycles. The van der Waals surface area contributed by atoms with Crippen LogP contribution in [0.25, 0.3) is 0 Å². The van der Waals surface area contributed by atoms with Crippen molar-refractivity contribution in [3.8, 4) is 0 Å². The van der Waals surface area contributed by atoms with Crippen molar-refractivity contribution in [3.63, 3.8) is 0 Å². The highest BCUT2D eigenvalue weighted by atomic mass is 28.4. The zero-order chi connectivity index (χ0) is 13.7. The molecule has 6 heteroatoms. The minimum Gasteiger partial charge on any atom is -0.374 e. The lowest BCUT2D eigenvalue weighted by Gasteiger charge is -2.28. The van der Waals surface area contributed by atoms with Gasteiger partial charge < -0.3 is 24.3 Å². The maximum Gasteiger partial charge on any atom is 0.500 e. The first-order chi connectivity index (χ1) is 8.74. The molecule has 0 aliphatic heterocycles. The molecule has 0 aromatic carbocycles. The minimum absolute atomic E-state index is 0.650. The van der Waals surface area contributed by atoms with Gasteiger partial charge in [0.2, 0.25) is 0 Å². The molecule has 0 radical (unpaired) electrons. The molecule has 0 heterocycles. The Labute approximate surface area is 113 Å². The highest BCUT2D eigenvalue weighted by molar-refractivity contribution is 6.60. The highest BCUT2D eigenvalue weighted by Gasteiger charge is 2.39. The summed E-state index contributed by atoms with van der Waals surface area (Å²) in [7, 11) is -2.42. The third-order valence-electron chi connectivity index (χ3n) is 2.50. The lowest BCUT2D eigenvalue weighted by atomic mass is 10.3. The molecular weight excluding hydrogens is 248 g/mol. The van der Waals surface area contributed by atoms with Crippen molar-refractivity contribution >= 4 is 8.80 Å². The second kappa shape index (κ2) is 12.1. The van der Waals surface area contributed by atoms with Crippen molar-refractivity contribution in [2.75, 3.05) is 39.5 Å². The molecule has 0 rings (SSSR count). The molecule has 0 spiro atoms. The van der Waals surface area contributed by atoms with Gasteiger partial charge in [-0.1, -0.05) is 0 Å². The van der Waals surface area contributed by atoms with E-state index in [0.717, 1.165) is 32.0 Å². The third-order valence-corrected chi connectivity index (χ3v) is 5.65. The van der Waals surface area contributed by atoms with Crippen LogP contribution in [0.15, 0.2) is 0 Å². The van der Waals surface area contributed by atoms with Crippen LogP contribution in [0.2, 0.25) is 6.04 Å². The van der Waals surface area contributed by atoms with Crippen molar-refractivity contribution in [3.05, 3.63) is 0 Å². The van der Waals surface area contributed by atoms with E-state index in [4.69, 9.17) is 19.0 Å². The smallest absolute Gasteiger partial charge is 0.374 e. The van der Waals surface area contributed by atoms with Gasteiger partial charge in [0.1, 0.15) is 0 Å². The highest BCUT2D eigenvalue weighted by Crippen LogP contribution is 2.18. The zero-order valence-electron chi connectivity index (χ0n) is 12.2. The lowest BCUT2D eigenvalue weighted by molar-refractivity contribution is 0.0707. The molecule has 0 aliphatic rings. The lowest BCUT2D eigenvalue weighted by Crippen LogP contribution is -2.46. The first-order valence-electron chi connectivity index (χ1n) is 7.07. The molecule has 0 fully saturated rings. The van der Waals surface area contributed by atoms with Gasteiger partial charge in [-0.2, -0.15) is 0 Å². The first kappa shape index (κ1) is 18.0. The van der Waals surface area contributed by atoms with Crippen molar-refractivity contribution in [1.82, 2.24) is 5.32 Å². The fourth-order valence-electron chi connectivity index (χ4n) is 1.82. The van der Waals surface area contributed by atoms with Crippen LogP contribution in [-0.2, 0) is 13.3 Å². The van der Waals surface area contributed by atoms with Gasteiger partial charge in [0.05, 0.1) is 0 Å². The number of nitrogens with two attached hydrogens (primary N) is 1. The molecule has 18 heavy (non-hydrogen) atoms. The topological polar surface area (TPSA) is 65.7 Å². The van der Waals surface area contributed by atoms with Crippen LogP contribution in [0, 0.1) is 0 Å². The summed E-state index contributed by atoms with van der Waals surface area (Å²) >= 11 is 0. The minimum atomic E-state index is -2.42. The fraction of sp³-hybridized carbons (Fsp3) is 1.00. The summed E-state index contributed by atoms with van der Waals surface area (Å²) in [6.45, 7) is 10.5.